The van der Waals surface area contributed by atoms with Crippen molar-refractivity contribution in [3.63, 3.8) is 0 Å². The van der Waals surface area contributed by atoms with Gasteiger partial charge in [0.25, 0.3) is 0 Å². The molecule has 1 aromatic rings. The number of nitrogens with one attached hydrogen (secondary N) is 1. The third kappa shape index (κ3) is 4.06. The summed E-state index contributed by atoms with van der Waals surface area (Å²) in [5.41, 5.74) is 2.73. The summed E-state index contributed by atoms with van der Waals surface area (Å²) < 4.78 is 0. The van der Waals surface area contributed by atoms with E-state index in [1.807, 2.05) is 18.7 Å². The Hall–Kier alpha value is -1.35. The first-order valence-electron chi connectivity index (χ1n) is 7.32. The zero-order chi connectivity index (χ0) is 13.7. The number of hydrogen-bond donors (Lipinski definition) is 1. The summed E-state index contributed by atoms with van der Waals surface area (Å²) in [6, 6.07) is 8.73. The number of benzene rings is 1. The van der Waals surface area contributed by atoms with Gasteiger partial charge < -0.3 is 10.2 Å². The molecule has 19 heavy (non-hydrogen) atoms. The van der Waals surface area contributed by atoms with E-state index in [0.717, 1.165) is 25.6 Å². The topological polar surface area (TPSA) is 32.3 Å². The Bertz CT molecular complexity index is 423. The Morgan fingerprint density at radius 2 is 2.05 bits per heavy atom. The molecule has 0 spiro atoms. The average molecular weight is 260 g/mol. The van der Waals surface area contributed by atoms with Gasteiger partial charge in [0.2, 0.25) is 5.91 Å². The van der Waals surface area contributed by atoms with Crippen LogP contribution in [0.25, 0.3) is 0 Å². The predicted molar refractivity (Wildman–Crippen MR) is 78.1 cm³/mol. The molecule has 0 atom stereocenters. The second kappa shape index (κ2) is 6.71. The van der Waals surface area contributed by atoms with Crippen LogP contribution in [0, 0.1) is 0 Å². The van der Waals surface area contributed by atoms with Crippen LogP contribution >= 0.6 is 0 Å². The van der Waals surface area contributed by atoms with Crippen LogP contribution in [0.2, 0.25) is 0 Å². The Morgan fingerprint density at radius 3 is 2.68 bits per heavy atom. The minimum absolute atomic E-state index is 0.184. The maximum absolute atomic E-state index is 11.8. The van der Waals surface area contributed by atoms with Crippen LogP contribution in [0.4, 0.5) is 0 Å². The van der Waals surface area contributed by atoms with Gasteiger partial charge in [-0.05, 0) is 43.7 Å². The summed E-state index contributed by atoms with van der Waals surface area (Å²) in [5, 5.41) is 3.25. The average Bonchev–Trinajstić information content (AvgIpc) is 3.25. The highest BCUT2D eigenvalue weighted by Gasteiger charge is 2.23. The molecule has 104 valence electrons. The van der Waals surface area contributed by atoms with E-state index < -0.39 is 0 Å². The molecule has 0 aliphatic heterocycles. The normalized spacial score (nSPS) is 14.4. The van der Waals surface area contributed by atoms with Crippen molar-refractivity contribution in [1.82, 2.24) is 10.2 Å². The van der Waals surface area contributed by atoms with Gasteiger partial charge in [-0.2, -0.15) is 0 Å². The van der Waals surface area contributed by atoms with Gasteiger partial charge in [0.1, 0.15) is 0 Å². The molecule has 1 fully saturated rings. The fourth-order valence-corrected chi connectivity index (χ4v) is 2.38. The van der Waals surface area contributed by atoms with E-state index in [2.05, 4.69) is 29.6 Å². The van der Waals surface area contributed by atoms with Gasteiger partial charge in [0.15, 0.2) is 0 Å². The molecule has 0 radical (unpaired) electrons. The van der Waals surface area contributed by atoms with E-state index in [9.17, 15) is 4.79 Å². The Balaban J connectivity index is 1.79. The van der Waals surface area contributed by atoms with E-state index in [0.29, 0.717) is 6.54 Å². The lowest BCUT2D eigenvalue weighted by Crippen LogP contribution is -2.37. The minimum Gasteiger partial charge on any atom is -0.342 e. The molecule has 2 rings (SSSR count). The number of likely N-dealkylation sites (N-methyl/N-ethyl adjacent to an activating group) is 1. The minimum atomic E-state index is 0.184. The molecule has 1 amide bonds. The molecule has 0 saturated heterocycles. The van der Waals surface area contributed by atoms with Crippen molar-refractivity contribution in [1.29, 1.82) is 0 Å². The molecule has 0 unspecified atom stereocenters. The summed E-state index contributed by atoms with van der Waals surface area (Å²) in [6.07, 6.45) is 2.66. The van der Waals surface area contributed by atoms with Crippen LogP contribution in [0.15, 0.2) is 24.3 Å². The standard InChI is InChI=1S/C16H24N2O/c1-3-18(4-2)16(19)12-17-11-13-6-5-7-15(10-13)14-8-9-14/h5-7,10,14,17H,3-4,8-9,11-12H2,1-2H3. The highest BCUT2D eigenvalue weighted by Crippen LogP contribution is 2.40. The van der Waals surface area contributed by atoms with Gasteiger partial charge in [0.05, 0.1) is 6.54 Å². The predicted octanol–water partition coefficient (Wildman–Crippen LogP) is 2.52. The Morgan fingerprint density at radius 1 is 1.32 bits per heavy atom. The van der Waals surface area contributed by atoms with Crippen LogP contribution in [0.3, 0.4) is 0 Å². The molecule has 0 aromatic heterocycles. The first-order chi connectivity index (χ1) is 9.24. The van der Waals surface area contributed by atoms with Gasteiger partial charge in [-0.25, -0.2) is 0 Å². The van der Waals surface area contributed by atoms with E-state index in [-0.39, 0.29) is 5.91 Å². The van der Waals surface area contributed by atoms with Crippen molar-refractivity contribution in [2.24, 2.45) is 0 Å². The number of rotatable bonds is 7. The maximum Gasteiger partial charge on any atom is 0.236 e. The molecule has 1 saturated carbocycles. The number of hydrogen-bond acceptors (Lipinski definition) is 2. The van der Waals surface area contributed by atoms with Gasteiger partial charge >= 0.3 is 0 Å². The fraction of sp³-hybridized carbons (Fsp3) is 0.562. The zero-order valence-corrected chi connectivity index (χ0v) is 12.0. The summed E-state index contributed by atoms with van der Waals surface area (Å²) in [4.78, 5) is 13.7. The summed E-state index contributed by atoms with van der Waals surface area (Å²) in [6.45, 7) is 6.80. The van der Waals surface area contributed by atoms with Crippen molar-refractivity contribution in [2.45, 2.75) is 39.2 Å². The van der Waals surface area contributed by atoms with Crippen molar-refractivity contribution < 1.29 is 4.79 Å². The molecular formula is C16H24N2O. The molecule has 3 nitrogen and oxygen atoms in total. The third-order valence-corrected chi connectivity index (χ3v) is 3.72. The maximum atomic E-state index is 11.8. The van der Waals surface area contributed by atoms with Crippen molar-refractivity contribution >= 4 is 5.91 Å². The molecule has 1 aromatic carbocycles. The van der Waals surface area contributed by atoms with Crippen LogP contribution in [0.1, 0.15) is 43.7 Å². The van der Waals surface area contributed by atoms with Crippen molar-refractivity contribution in [2.75, 3.05) is 19.6 Å². The van der Waals surface area contributed by atoms with Crippen molar-refractivity contribution in [3.05, 3.63) is 35.4 Å². The zero-order valence-electron chi connectivity index (χ0n) is 12.0. The summed E-state index contributed by atoms with van der Waals surface area (Å²) in [5.74, 6) is 0.973. The molecule has 0 heterocycles. The lowest BCUT2D eigenvalue weighted by Gasteiger charge is -2.18. The molecule has 0 bridgehead atoms. The van der Waals surface area contributed by atoms with E-state index in [1.54, 1.807) is 0 Å². The van der Waals surface area contributed by atoms with Crippen LogP contribution in [0.5, 0.6) is 0 Å². The molecule has 3 heteroatoms. The number of carbonyl (C=O) groups is 1. The number of amides is 1. The van der Waals surface area contributed by atoms with E-state index in [4.69, 9.17) is 0 Å². The van der Waals surface area contributed by atoms with Crippen LogP contribution in [-0.4, -0.2) is 30.4 Å². The second-order valence-corrected chi connectivity index (χ2v) is 5.19. The van der Waals surface area contributed by atoms with E-state index in [1.165, 1.54) is 24.0 Å². The lowest BCUT2D eigenvalue weighted by atomic mass is 10.1. The molecule has 1 aliphatic rings. The van der Waals surface area contributed by atoms with Crippen LogP contribution < -0.4 is 5.32 Å². The van der Waals surface area contributed by atoms with Crippen LogP contribution in [-0.2, 0) is 11.3 Å². The van der Waals surface area contributed by atoms with Gasteiger partial charge in [0, 0.05) is 19.6 Å². The monoisotopic (exact) mass is 260 g/mol. The molecule has 1 aliphatic carbocycles. The lowest BCUT2D eigenvalue weighted by molar-refractivity contribution is -0.129. The first-order valence-corrected chi connectivity index (χ1v) is 7.32. The van der Waals surface area contributed by atoms with Crippen molar-refractivity contribution in [3.8, 4) is 0 Å². The highest BCUT2D eigenvalue weighted by molar-refractivity contribution is 5.78. The third-order valence-electron chi connectivity index (χ3n) is 3.72. The van der Waals surface area contributed by atoms with Gasteiger partial charge in [-0.15, -0.1) is 0 Å². The Kier molecular flexibility index (Phi) is 4.97. The fourth-order valence-electron chi connectivity index (χ4n) is 2.38. The Labute approximate surface area is 116 Å². The number of carbonyl (C=O) groups excluding carboxylic acids is 1. The summed E-state index contributed by atoms with van der Waals surface area (Å²) >= 11 is 0. The van der Waals surface area contributed by atoms with E-state index >= 15 is 0 Å². The van der Waals surface area contributed by atoms with Gasteiger partial charge in [-0.1, -0.05) is 24.3 Å². The van der Waals surface area contributed by atoms with Gasteiger partial charge in [-0.3, -0.25) is 4.79 Å². The SMILES string of the molecule is CCN(CC)C(=O)CNCc1cccc(C2CC2)c1. The molecular weight excluding hydrogens is 236 g/mol. The second-order valence-electron chi connectivity index (χ2n) is 5.19. The first kappa shape index (κ1) is 14.1. The largest absolute Gasteiger partial charge is 0.342 e. The summed E-state index contributed by atoms with van der Waals surface area (Å²) in [7, 11) is 0. The molecule has 1 N–H and O–H groups in total. The highest BCUT2D eigenvalue weighted by atomic mass is 16.2. The smallest absolute Gasteiger partial charge is 0.236 e. The number of nitrogens with zero attached hydrogens (tertiary/aromatic N) is 1. The quantitative estimate of drug-likeness (QED) is 0.817.